The number of carbonyl (C=O) groups excluding carboxylic acids is 1. The van der Waals surface area contributed by atoms with E-state index in [1.807, 2.05) is 6.92 Å². The van der Waals surface area contributed by atoms with E-state index in [1.54, 1.807) is 0 Å². The third-order valence-electron chi connectivity index (χ3n) is 4.20. The van der Waals surface area contributed by atoms with Crippen LogP contribution in [0.15, 0.2) is 0 Å². The average Bonchev–Trinajstić information content (AvgIpc) is 2.88. The van der Waals surface area contributed by atoms with Crippen LogP contribution >= 0.6 is 0 Å². The monoisotopic (exact) mass is 269 g/mol. The fourth-order valence-corrected chi connectivity index (χ4v) is 3.16. The average molecular weight is 269 g/mol. The first-order chi connectivity index (χ1) is 9.20. The highest BCUT2D eigenvalue weighted by Crippen LogP contribution is 2.20. The zero-order valence-electron chi connectivity index (χ0n) is 12.0. The number of rotatable bonds is 5. The van der Waals surface area contributed by atoms with Gasteiger partial charge in [0.2, 0.25) is 0 Å². The van der Waals surface area contributed by atoms with Gasteiger partial charge < -0.3 is 10.5 Å². The van der Waals surface area contributed by atoms with Crippen LogP contribution in [0.3, 0.4) is 0 Å². The van der Waals surface area contributed by atoms with E-state index < -0.39 is 6.04 Å². The summed E-state index contributed by atoms with van der Waals surface area (Å²) in [5.41, 5.74) is 5.88. The maximum atomic E-state index is 11.5. The van der Waals surface area contributed by atoms with Crippen molar-refractivity contribution in [3.63, 3.8) is 0 Å². The van der Waals surface area contributed by atoms with Crippen molar-refractivity contribution in [3.05, 3.63) is 0 Å². The van der Waals surface area contributed by atoms with Crippen LogP contribution in [-0.4, -0.2) is 67.2 Å². The van der Waals surface area contributed by atoms with Gasteiger partial charge in [0.1, 0.15) is 6.04 Å². The molecule has 0 aliphatic carbocycles. The predicted octanol–water partition coefficient (Wildman–Crippen LogP) is 0.437. The maximum absolute atomic E-state index is 11.5. The van der Waals surface area contributed by atoms with E-state index in [-0.39, 0.29) is 5.97 Å². The minimum absolute atomic E-state index is 0.274. The number of hydrogen-bond acceptors (Lipinski definition) is 5. The first-order valence-corrected chi connectivity index (χ1v) is 7.59. The molecule has 5 nitrogen and oxygen atoms in total. The normalized spacial score (nSPS) is 27.4. The van der Waals surface area contributed by atoms with Crippen molar-refractivity contribution in [2.45, 2.75) is 44.7 Å². The molecule has 0 amide bonds. The zero-order valence-corrected chi connectivity index (χ0v) is 12.0. The van der Waals surface area contributed by atoms with Gasteiger partial charge in [0.15, 0.2) is 0 Å². The van der Waals surface area contributed by atoms with E-state index in [0.29, 0.717) is 19.2 Å². The largest absolute Gasteiger partial charge is 0.465 e. The summed E-state index contributed by atoms with van der Waals surface area (Å²) in [6.07, 6.45) is 5.24. The lowest BCUT2D eigenvalue weighted by Gasteiger charge is -2.32. The quantitative estimate of drug-likeness (QED) is 0.734. The van der Waals surface area contributed by atoms with Gasteiger partial charge in [-0.2, -0.15) is 0 Å². The topological polar surface area (TPSA) is 58.8 Å². The number of nitrogens with two attached hydrogens (primary N) is 1. The first kappa shape index (κ1) is 14.8. The molecule has 2 unspecified atom stereocenters. The summed E-state index contributed by atoms with van der Waals surface area (Å²) in [6.45, 7) is 7.42. The van der Waals surface area contributed by atoms with Gasteiger partial charge in [-0.25, -0.2) is 0 Å². The van der Waals surface area contributed by atoms with Gasteiger partial charge in [0.25, 0.3) is 0 Å². The Kier molecular flexibility index (Phi) is 5.60. The van der Waals surface area contributed by atoms with Crippen molar-refractivity contribution in [3.8, 4) is 0 Å². The molecule has 2 rings (SSSR count). The molecule has 0 spiro atoms. The van der Waals surface area contributed by atoms with Gasteiger partial charge >= 0.3 is 5.97 Å². The van der Waals surface area contributed by atoms with Crippen LogP contribution in [0.25, 0.3) is 0 Å². The van der Waals surface area contributed by atoms with Gasteiger partial charge in [0.05, 0.1) is 6.61 Å². The highest BCUT2D eigenvalue weighted by atomic mass is 16.5. The van der Waals surface area contributed by atoms with Crippen molar-refractivity contribution in [1.29, 1.82) is 0 Å². The van der Waals surface area contributed by atoms with Crippen molar-refractivity contribution in [2.75, 3.05) is 39.3 Å². The molecule has 0 aromatic rings. The first-order valence-electron chi connectivity index (χ1n) is 7.59. The molecule has 0 bridgehead atoms. The van der Waals surface area contributed by atoms with E-state index in [9.17, 15) is 4.79 Å². The number of hydrogen-bond donors (Lipinski definition) is 1. The number of piperidine rings is 1. The molecule has 2 atom stereocenters. The van der Waals surface area contributed by atoms with Gasteiger partial charge in [0, 0.05) is 19.1 Å². The van der Waals surface area contributed by atoms with E-state index in [0.717, 1.165) is 13.1 Å². The van der Waals surface area contributed by atoms with Gasteiger partial charge in [-0.1, -0.05) is 6.42 Å². The Bertz CT molecular complexity index is 292. The lowest BCUT2D eigenvalue weighted by atomic mass is 10.1. The molecule has 5 heteroatoms. The second-order valence-electron chi connectivity index (χ2n) is 5.66. The van der Waals surface area contributed by atoms with E-state index in [1.165, 1.54) is 38.8 Å². The van der Waals surface area contributed by atoms with Crippen LogP contribution in [-0.2, 0) is 9.53 Å². The lowest BCUT2D eigenvalue weighted by molar-refractivity contribution is -0.145. The molecule has 110 valence electrons. The van der Waals surface area contributed by atoms with Crippen LogP contribution in [0, 0.1) is 0 Å². The van der Waals surface area contributed by atoms with Crippen molar-refractivity contribution < 1.29 is 9.53 Å². The number of ether oxygens (including phenoxy) is 1. The summed E-state index contributed by atoms with van der Waals surface area (Å²) >= 11 is 0. The highest BCUT2D eigenvalue weighted by molar-refractivity contribution is 5.75. The molecule has 2 saturated heterocycles. The number of esters is 1. The maximum Gasteiger partial charge on any atom is 0.324 e. The molecule has 2 aliphatic rings. The summed E-state index contributed by atoms with van der Waals surface area (Å²) < 4.78 is 4.96. The second kappa shape index (κ2) is 7.22. The smallest absolute Gasteiger partial charge is 0.324 e. The minimum Gasteiger partial charge on any atom is -0.465 e. The number of likely N-dealkylation sites (tertiary alicyclic amines) is 2. The standard InChI is InChI=1S/C14H27N3O2/c1-2-19-14(18)13(15)11-16-9-6-12(10-16)17-7-4-3-5-8-17/h12-13H,2-11,15H2,1H3. The molecule has 0 aromatic heterocycles. The Labute approximate surface area is 116 Å². The highest BCUT2D eigenvalue weighted by Gasteiger charge is 2.30. The predicted molar refractivity (Wildman–Crippen MR) is 74.9 cm³/mol. The van der Waals surface area contributed by atoms with Crippen LogP contribution in [0.5, 0.6) is 0 Å². The molecule has 2 N–H and O–H groups in total. The molecular weight excluding hydrogens is 242 g/mol. The SMILES string of the molecule is CCOC(=O)C(N)CN1CCC(N2CCCCC2)C1. The molecule has 2 fully saturated rings. The van der Waals surface area contributed by atoms with E-state index in [2.05, 4.69) is 9.80 Å². The Morgan fingerprint density at radius 1 is 1.32 bits per heavy atom. The van der Waals surface area contributed by atoms with Crippen LogP contribution in [0.1, 0.15) is 32.6 Å². The van der Waals surface area contributed by atoms with E-state index >= 15 is 0 Å². The molecule has 0 aromatic carbocycles. The molecule has 0 saturated carbocycles. The summed E-state index contributed by atoms with van der Waals surface area (Å²) in [4.78, 5) is 16.4. The van der Waals surface area contributed by atoms with Crippen molar-refractivity contribution in [1.82, 2.24) is 9.80 Å². The fourth-order valence-electron chi connectivity index (χ4n) is 3.16. The Hall–Kier alpha value is -0.650. The van der Waals surface area contributed by atoms with Crippen LogP contribution < -0.4 is 5.73 Å². The Balaban J connectivity index is 1.73. The lowest BCUT2D eigenvalue weighted by Crippen LogP contribution is -2.45. The van der Waals surface area contributed by atoms with Gasteiger partial charge in [-0.3, -0.25) is 14.6 Å². The van der Waals surface area contributed by atoms with Crippen molar-refractivity contribution >= 4 is 5.97 Å². The summed E-state index contributed by atoms with van der Waals surface area (Å²) in [6, 6.07) is 0.162. The van der Waals surface area contributed by atoms with Gasteiger partial charge in [-0.05, 0) is 45.8 Å². The number of nitrogens with zero attached hydrogens (tertiary/aromatic N) is 2. The third kappa shape index (κ3) is 4.16. The minimum atomic E-state index is -0.500. The summed E-state index contributed by atoms with van der Waals surface area (Å²) in [5, 5.41) is 0. The summed E-state index contributed by atoms with van der Waals surface area (Å²) in [7, 11) is 0. The van der Waals surface area contributed by atoms with Crippen molar-refractivity contribution in [2.24, 2.45) is 5.73 Å². The molecular formula is C14H27N3O2. The zero-order chi connectivity index (χ0) is 13.7. The second-order valence-corrected chi connectivity index (χ2v) is 5.66. The van der Waals surface area contributed by atoms with Crippen LogP contribution in [0.4, 0.5) is 0 Å². The van der Waals surface area contributed by atoms with Gasteiger partial charge in [-0.15, -0.1) is 0 Å². The van der Waals surface area contributed by atoms with E-state index in [4.69, 9.17) is 10.5 Å². The summed E-state index contributed by atoms with van der Waals surface area (Å²) in [5.74, 6) is -0.274. The molecule has 0 radical (unpaired) electrons. The molecule has 2 aliphatic heterocycles. The molecule has 2 heterocycles. The third-order valence-corrected chi connectivity index (χ3v) is 4.20. The Morgan fingerprint density at radius 3 is 2.74 bits per heavy atom. The number of carbonyl (C=O) groups is 1. The Morgan fingerprint density at radius 2 is 2.05 bits per heavy atom. The van der Waals surface area contributed by atoms with Crippen LogP contribution in [0.2, 0.25) is 0 Å². The fraction of sp³-hybridized carbons (Fsp3) is 0.929. The molecule has 19 heavy (non-hydrogen) atoms.